The molecule has 0 atom stereocenters. The molecule has 5 aromatic carbocycles. The summed E-state index contributed by atoms with van der Waals surface area (Å²) >= 11 is 0. The molecule has 0 fully saturated rings. The van der Waals surface area contributed by atoms with Crippen LogP contribution in [0.5, 0.6) is 5.75 Å². The summed E-state index contributed by atoms with van der Waals surface area (Å²) in [6.07, 6.45) is 0. The number of rotatable bonds is 5. The van der Waals surface area contributed by atoms with E-state index >= 15 is 0 Å². The van der Waals surface area contributed by atoms with Gasteiger partial charge in [0, 0.05) is 17.1 Å². The third kappa shape index (κ3) is 4.31. The summed E-state index contributed by atoms with van der Waals surface area (Å²) in [5, 5.41) is 4.78. The fourth-order valence-corrected chi connectivity index (χ4v) is 3.98. The molecule has 5 aromatic rings. The van der Waals surface area contributed by atoms with Crippen molar-refractivity contribution in [1.29, 1.82) is 0 Å². The predicted molar refractivity (Wildman–Crippen MR) is 137 cm³/mol. The van der Waals surface area contributed by atoms with Gasteiger partial charge in [-0.15, -0.1) is 0 Å². The smallest absolute Gasteiger partial charge is 0.313 e. The van der Waals surface area contributed by atoms with Gasteiger partial charge in [0.15, 0.2) is 0 Å². The van der Waals surface area contributed by atoms with E-state index in [0.717, 1.165) is 17.1 Å². The highest BCUT2D eigenvalue weighted by Crippen LogP contribution is 2.38. The monoisotopic (exact) mass is 431 g/mol. The number of carbonyl (C=O) groups is 1. The molecule has 0 heterocycles. The molecule has 0 bridgehead atoms. The zero-order valence-electron chi connectivity index (χ0n) is 18.7. The number of hydrogen-bond donors (Lipinski definition) is 0. The maximum Gasteiger partial charge on any atom is 0.313 e. The first-order chi connectivity index (χ1) is 16.1. The lowest BCUT2D eigenvalue weighted by atomic mass is 10.1. The van der Waals surface area contributed by atoms with E-state index in [2.05, 4.69) is 89.8 Å². The van der Waals surface area contributed by atoms with Gasteiger partial charge in [-0.1, -0.05) is 74.5 Å². The van der Waals surface area contributed by atoms with E-state index in [-0.39, 0.29) is 11.9 Å². The Bertz CT molecular complexity index is 1360. The SMILES string of the molecule is CC(C)C(=O)Oc1ccc(N(c2ccc3ccccc3c2)c2ccc3ccccc3c2)cc1. The Hall–Kier alpha value is -4.11. The Morgan fingerprint density at radius 3 is 1.55 bits per heavy atom. The lowest BCUT2D eigenvalue weighted by molar-refractivity contribution is -0.137. The molecule has 0 aliphatic rings. The van der Waals surface area contributed by atoms with Crippen molar-refractivity contribution in [3.8, 4) is 5.75 Å². The topological polar surface area (TPSA) is 29.5 Å². The molecule has 0 saturated carbocycles. The lowest BCUT2D eigenvalue weighted by Crippen LogP contribution is -2.15. The van der Waals surface area contributed by atoms with Crippen molar-refractivity contribution in [3.63, 3.8) is 0 Å². The second-order valence-electron chi connectivity index (χ2n) is 8.47. The van der Waals surface area contributed by atoms with E-state index in [0.29, 0.717) is 5.75 Å². The van der Waals surface area contributed by atoms with Crippen LogP contribution in [0, 0.1) is 5.92 Å². The number of fused-ring (bicyclic) bond motifs is 2. The molecule has 0 N–H and O–H groups in total. The highest BCUT2D eigenvalue weighted by atomic mass is 16.5. The van der Waals surface area contributed by atoms with Crippen LogP contribution in [0.2, 0.25) is 0 Å². The number of carbonyl (C=O) groups excluding carboxylic acids is 1. The second kappa shape index (κ2) is 8.79. The van der Waals surface area contributed by atoms with Crippen LogP contribution in [0.1, 0.15) is 13.8 Å². The van der Waals surface area contributed by atoms with E-state index in [1.807, 2.05) is 38.1 Å². The minimum Gasteiger partial charge on any atom is -0.426 e. The molecule has 3 heteroatoms. The van der Waals surface area contributed by atoms with Crippen molar-refractivity contribution in [2.75, 3.05) is 4.90 Å². The van der Waals surface area contributed by atoms with Gasteiger partial charge in [0.1, 0.15) is 5.75 Å². The number of anilines is 3. The average molecular weight is 432 g/mol. The van der Waals surface area contributed by atoms with Crippen LogP contribution >= 0.6 is 0 Å². The molecular weight excluding hydrogens is 406 g/mol. The van der Waals surface area contributed by atoms with Crippen molar-refractivity contribution < 1.29 is 9.53 Å². The van der Waals surface area contributed by atoms with Crippen LogP contribution < -0.4 is 9.64 Å². The molecule has 162 valence electrons. The Morgan fingerprint density at radius 1 is 0.606 bits per heavy atom. The summed E-state index contributed by atoms with van der Waals surface area (Å²) in [6, 6.07) is 37.4. The molecule has 0 unspecified atom stereocenters. The Balaban J connectivity index is 1.60. The normalized spacial score (nSPS) is 11.1. The number of hydrogen-bond acceptors (Lipinski definition) is 3. The molecular formula is C30H25NO2. The van der Waals surface area contributed by atoms with Crippen molar-refractivity contribution in [1.82, 2.24) is 0 Å². The van der Waals surface area contributed by atoms with Gasteiger partial charge < -0.3 is 9.64 Å². The molecule has 5 rings (SSSR count). The molecule has 0 aliphatic heterocycles. The van der Waals surface area contributed by atoms with E-state index in [1.165, 1.54) is 21.5 Å². The van der Waals surface area contributed by atoms with Gasteiger partial charge in [-0.05, 0) is 70.1 Å². The first-order valence-electron chi connectivity index (χ1n) is 11.2. The van der Waals surface area contributed by atoms with E-state index in [4.69, 9.17) is 4.74 Å². The van der Waals surface area contributed by atoms with E-state index < -0.39 is 0 Å². The standard InChI is InChI=1S/C30H25NO2/c1-21(2)30(32)33-29-17-15-26(16-18-29)31(27-13-11-22-7-3-5-9-24(22)19-27)28-14-12-23-8-4-6-10-25(23)20-28/h3-21H,1-2H3. The van der Waals surface area contributed by atoms with Crippen molar-refractivity contribution in [2.24, 2.45) is 5.92 Å². The minimum absolute atomic E-state index is 0.170. The zero-order chi connectivity index (χ0) is 22.8. The van der Waals surface area contributed by atoms with Crippen molar-refractivity contribution in [3.05, 3.63) is 109 Å². The van der Waals surface area contributed by atoms with Crippen molar-refractivity contribution >= 4 is 44.6 Å². The largest absolute Gasteiger partial charge is 0.426 e. The fourth-order valence-electron chi connectivity index (χ4n) is 3.98. The molecule has 0 amide bonds. The maximum absolute atomic E-state index is 12.0. The van der Waals surface area contributed by atoms with Gasteiger partial charge in [0.2, 0.25) is 0 Å². The van der Waals surface area contributed by atoms with E-state index in [9.17, 15) is 4.79 Å². The zero-order valence-corrected chi connectivity index (χ0v) is 18.7. The van der Waals surface area contributed by atoms with Gasteiger partial charge in [-0.2, -0.15) is 0 Å². The van der Waals surface area contributed by atoms with Crippen molar-refractivity contribution in [2.45, 2.75) is 13.8 Å². The quantitative estimate of drug-likeness (QED) is 0.208. The third-order valence-corrected chi connectivity index (χ3v) is 5.77. The maximum atomic E-state index is 12.0. The van der Waals surface area contributed by atoms with Gasteiger partial charge >= 0.3 is 5.97 Å². The summed E-state index contributed by atoms with van der Waals surface area (Å²) in [7, 11) is 0. The Morgan fingerprint density at radius 2 is 1.06 bits per heavy atom. The first kappa shape index (κ1) is 20.8. The molecule has 3 nitrogen and oxygen atoms in total. The lowest BCUT2D eigenvalue weighted by Gasteiger charge is -2.26. The van der Waals surface area contributed by atoms with Gasteiger partial charge in [-0.25, -0.2) is 0 Å². The van der Waals surface area contributed by atoms with Crippen LogP contribution in [-0.2, 0) is 4.79 Å². The van der Waals surface area contributed by atoms with Crippen LogP contribution in [0.25, 0.3) is 21.5 Å². The summed E-state index contributed by atoms with van der Waals surface area (Å²) in [5.41, 5.74) is 3.12. The van der Waals surface area contributed by atoms with Gasteiger partial charge in [0.05, 0.1) is 5.92 Å². The number of benzene rings is 5. The Labute approximate surface area is 193 Å². The summed E-state index contributed by atoms with van der Waals surface area (Å²) in [6.45, 7) is 3.66. The van der Waals surface area contributed by atoms with Crippen LogP contribution in [-0.4, -0.2) is 5.97 Å². The summed E-state index contributed by atoms with van der Waals surface area (Å²) in [4.78, 5) is 14.2. The highest BCUT2D eigenvalue weighted by molar-refractivity contribution is 5.92. The van der Waals surface area contributed by atoms with Crippen LogP contribution in [0.15, 0.2) is 109 Å². The number of nitrogens with zero attached hydrogens (tertiary/aromatic N) is 1. The number of ether oxygens (including phenoxy) is 1. The molecule has 0 aromatic heterocycles. The average Bonchev–Trinajstić information content (AvgIpc) is 2.85. The molecule has 0 radical (unpaired) electrons. The van der Waals surface area contributed by atoms with Gasteiger partial charge in [-0.3, -0.25) is 4.79 Å². The number of esters is 1. The highest BCUT2D eigenvalue weighted by Gasteiger charge is 2.15. The molecule has 0 spiro atoms. The van der Waals surface area contributed by atoms with Crippen LogP contribution in [0.3, 0.4) is 0 Å². The minimum atomic E-state index is -0.233. The fraction of sp³-hybridized carbons (Fsp3) is 0.100. The third-order valence-electron chi connectivity index (χ3n) is 5.77. The summed E-state index contributed by atoms with van der Waals surface area (Å²) < 4.78 is 5.48. The second-order valence-corrected chi connectivity index (χ2v) is 8.47. The molecule has 0 saturated heterocycles. The first-order valence-corrected chi connectivity index (χ1v) is 11.2. The Kier molecular flexibility index (Phi) is 5.54. The van der Waals surface area contributed by atoms with Crippen LogP contribution in [0.4, 0.5) is 17.1 Å². The predicted octanol–water partition coefficient (Wildman–Crippen LogP) is 8.02. The van der Waals surface area contributed by atoms with Gasteiger partial charge in [0.25, 0.3) is 0 Å². The summed E-state index contributed by atoms with van der Waals surface area (Å²) in [5.74, 6) is 0.148. The molecule has 33 heavy (non-hydrogen) atoms. The molecule has 0 aliphatic carbocycles. The van der Waals surface area contributed by atoms with E-state index in [1.54, 1.807) is 0 Å².